The van der Waals surface area contributed by atoms with Crippen molar-refractivity contribution in [2.24, 2.45) is 0 Å². The molecule has 20 heavy (non-hydrogen) atoms. The quantitative estimate of drug-likeness (QED) is 0.873. The topological polar surface area (TPSA) is 81.2 Å². The summed E-state index contributed by atoms with van der Waals surface area (Å²) in [5.74, 6) is 0.0468. The van der Waals surface area contributed by atoms with Crippen molar-refractivity contribution in [2.75, 3.05) is 5.75 Å². The SMILES string of the molecule is CC(C)(C)n1c(SCC(=O)O)nnc1-c1ccc(Cl)o1. The first-order valence-corrected chi connectivity index (χ1v) is 7.21. The van der Waals surface area contributed by atoms with E-state index in [-0.39, 0.29) is 16.5 Å². The number of halogens is 1. The first kappa shape index (κ1) is 14.9. The number of hydrogen-bond donors (Lipinski definition) is 1. The van der Waals surface area contributed by atoms with E-state index in [2.05, 4.69) is 10.2 Å². The van der Waals surface area contributed by atoms with Crippen LogP contribution in [0.15, 0.2) is 21.7 Å². The Balaban J connectivity index is 2.45. The molecular weight excluding hydrogens is 302 g/mol. The molecule has 0 aromatic carbocycles. The molecule has 8 heteroatoms. The van der Waals surface area contributed by atoms with E-state index in [0.29, 0.717) is 16.7 Å². The van der Waals surface area contributed by atoms with E-state index in [9.17, 15) is 4.79 Å². The first-order chi connectivity index (χ1) is 9.29. The van der Waals surface area contributed by atoms with E-state index in [1.165, 1.54) is 0 Å². The Morgan fingerprint density at radius 3 is 2.65 bits per heavy atom. The van der Waals surface area contributed by atoms with Gasteiger partial charge in [-0.2, -0.15) is 0 Å². The number of thioether (sulfide) groups is 1. The fourth-order valence-electron chi connectivity index (χ4n) is 1.69. The summed E-state index contributed by atoms with van der Waals surface area (Å²) in [6, 6.07) is 3.34. The number of carboxylic acid groups (broad SMARTS) is 1. The van der Waals surface area contributed by atoms with Gasteiger partial charge in [0.2, 0.25) is 5.82 Å². The second-order valence-corrected chi connectivity index (χ2v) is 6.41. The minimum Gasteiger partial charge on any atom is -0.481 e. The highest BCUT2D eigenvalue weighted by Gasteiger charge is 2.26. The van der Waals surface area contributed by atoms with Crippen LogP contribution in [0, 0.1) is 0 Å². The third kappa shape index (κ3) is 3.16. The van der Waals surface area contributed by atoms with E-state index < -0.39 is 5.97 Å². The van der Waals surface area contributed by atoms with Crippen LogP contribution < -0.4 is 0 Å². The minimum atomic E-state index is -0.902. The molecule has 0 spiro atoms. The molecule has 0 fully saturated rings. The molecule has 108 valence electrons. The standard InChI is InChI=1S/C12H14ClN3O3S/c1-12(2,3)16-10(7-4-5-8(13)19-7)14-15-11(16)20-6-9(17)18/h4-5H,6H2,1-3H3,(H,17,18). The van der Waals surface area contributed by atoms with Gasteiger partial charge in [0.1, 0.15) is 0 Å². The summed E-state index contributed by atoms with van der Waals surface area (Å²) in [5, 5.41) is 17.7. The van der Waals surface area contributed by atoms with Gasteiger partial charge in [-0.05, 0) is 44.5 Å². The summed E-state index contributed by atoms with van der Waals surface area (Å²) in [7, 11) is 0. The highest BCUT2D eigenvalue weighted by molar-refractivity contribution is 7.99. The molecular formula is C12H14ClN3O3S. The zero-order chi connectivity index (χ0) is 14.9. The van der Waals surface area contributed by atoms with Crippen molar-refractivity contribution in [1.82, 2.24) is 14.8 Å². The van der Waals surface area contributed by atoms with E-state index in [4.69, 9.17) is 21.1 Å². The fraction of sp³-hybridized carbons (Fsp3) is 0.417. The predicted octanol–water partition coefficient (Wildman–Crippen LogP) is 3.12. The van der Waals surface area contributed by atoms with Gasteiger partial charge in [0.05, 0.1) is 5.75 Å². The lowest BCUT2D eigenvalue weighted by molar-refractivity contribution is -0.133. The molecule has 1 N–H and O–H groups in total. The van der Waals surface area contributed by atoms with Crippen LogP contribution in [0.1, 0.15) is 20.8 Å². The van der Waals surface area contributed by atoms with Crippen molar-refractivity contribution in [3.05, 3.63) is 17.4 Å². The number of carbonyl (C=O) groups is 1. The number of carboxylic acids is 1. The van der Waals surface area contributed by atoms with Crippen LogP contribution in [-0.4, -0.2) is 31.6 Å². The van der Waals surface area contributed by atoms with Crippen LogP contribution in [-0.2, 0) is 10.3 Å². The van der Waals surface area contributed by atoms with E-state index in [0.717, 1.165) is 11.8 Å². The van der Waals surface area contributed by atoms with Gasteiger partial charge < -0.3 is 9.52 Å². The second-order valence-electron chi connectivity index (χ2n) is 5.10. The van der Waals surface area contributed by atoms with Crippen LogP contribution in [0.3, 0.4) is 0 Å². The van der Waals surface area contributed by atoms with Gasteiger partial charge in [0, 0.05) is 5.54 Å². The molecule has 0 saturated heterocycles. The third-order valence-electron chi connectivity index (χ3n) is 2.42. The number of furan rings is 1. The molecule has 2 rings (SSSR count). The summed E-state index contributed by atoms with van der Waals surface area (Å²) in [6.45, 7) is 5.94. The molecule has 0 saturated carbocycles. The van der Waals surface area contributed by atoms with Gasteiger partial charge in [0.15, 0.2) is 16.1 Å². The molecule has 2 aromatic rings. The molecule has 0 amide bonds. The summed E-state index contributed by atoms with van der Waals surface area (Å²) < 4.78 is 7.20. The normalized spacial score (nSPS) is 11.8. The molecule has 2 aromatic heterocycles. The van der Waals surface area contributed by atoms with Crippen LogP contribution in [0.5, 0.6) is 0 Å². The molecule has 0 radical (unpaired) electrons. The lowest BCUT2D eigenvalue weighted by atomic mass is 10.1. The van der Waals surface area contributed by atoms with E-state index >= 15 is 0 Å². The number of nitrogens with zero attached hydrogens (tertiary/aromatic N) is 3. The number of hydrogen-bond acceptors (Lipinski definition) is 5. The van der Waals surface area contributed by atoms with Crippen molar-refractivity contribution in [1.29, 1.82) is 0 Å². The maximum Gasteiger partial charge on any atom is 0.313 e. The summed E-state index contributed by atoms with van der Waals surface area (Å²) in [5.41, 5.74) is -0.320. The van der Waals surface area contributed by atoms with Gasteiger partial charge in [-0.3, -0.25) is 9.36 Å². The van der Waals surface area contributed by atoms with Crippen molar-refractivity contribution in [3.8, 4) is 11.6 Å². The molecule has 6 nitrogen and oxygen atoms in total. The second kappa shape index (κ2) is 5.49. The number of aliphatic carboxylic acids is 1. The Hall–Kier alpha value is -1.47. The molecule has 0 unspecified atom stereocenters. The molecule has 0 aliphatic carbocycles. The molecule has 0 bridgehead atoms. The van der Waals surface area contributed by atoms with Crippen LogP contribution in [0.2, 0.25) is 5.22 Å². The van der Waals surface area contributed by atoms with Gasteiger partial charge in [-0.15, -0.1) is 10.2 Å². The van der Waals surface area contributed by atoms with E-state index in [1.807, 2.05) is 25.3 Å². The fourth-order valence-corrected chi connectivity index (χ4v) is 2.68. The van der Waals surface area contributed by atoms with Gasteiger partial charge >= 0.3 is 5.97 Å². The Morgan fingerprint density at radius 1 is 1.45 bits per heavy atom. The van der Waals surface area contributed by atoms with Crippen LogP contribution in [0.25, 0.3) is 11.6 Å². The lowest BCUT2D eigenvalue weighted by Crippen LogP contribution is -2.24. The van der Waals surface area contributed by atoms with E-state index in [1.54, 1.807) is 12.1 Å². The molecule has 0 aliphatic rings. The first-order valence-electron chi connectivity index (χ1n) is 5.85. The van der Waals surface area contributed by atoms with Crippen molar-refractivity contribution in [3.63, 3.8) is 0 Å². The highest BCUT2D eigenvalue weighted by Crippen LogP contribution is 2.32. The summed E-state index contributed by atoms with van der Waals surface area (Å²) in [4.78, 5) is 10.7. The smallest absolute Gasteiger partial charge is 0.313 e. The Morgan fingerprint density at radius 2 is 2.15 bits per heavy atom. The molecule has 0 aliphatic heterocycles. The average molecular weight is 316 g/mol. The highest BCUT2D eigenvalue weighted by atomic mass is 35.5. The van der Waals surface area contributed by atoms with Gasteiger partial charge in [-0.1, -0.05) is 11.8 Å². The monoisotopic (exact) mass is 315 g/mol. The van der Waals surface area contributed by atoms with Crippen LogP contribution >= 0.6 is 23.4 Å². The van der Waals surface area contributed by atoms with Crippen molar-refractivity contribution in [2.45, 2.75) is 31.5 Å². The lowest BCUT2D eigenvalue weighted by Gasteiger charge is -2.23. The van der Waals surface area contributed by atoms with Gasteiger partial charge in [0.25, 0.3) is 0 Å². The Bertz CT molecular complexity index is 630. The Kier molecular flexibility index (Phi) is 4.10. The zero-order valence-corrected chi connectivity index (χ0v) is 12.8. The molecule has 2 heterocycles. The Labute approximate surface area is 125 Å². The summed E-state index contributed by atoms with van der Waals surface area (Å²) >= 11 is 6.90. The van der Waals surface area contributed by atoms with Crippen LogP contribution in [0.4, 0.5) is 0 Å². The number of aromatic nitrogens is 3. The predicted molar refractivity (Wildman–Crippen MR) is 76.1 cm³/mol. The largest absolute Gasteiger partial charge is 0.481 e. The maximum atomic E-state index is 10.7. The van der Waals surface area contributed by atoms with Crippen molar-refractivity contribution >= 4 is 29.3 Å². The third-order valence-corrected chi connectivity index (χ3v) is 3.54. The zero-order valence-electron chi connectivity index (χ0n) is 11.3. The minimum absolute atomic E-state index is 0.0763. The average Bonchev–Trinajstić information content (AvgIpc) is 2.90. The summed E-state index contributed by atoms with van der Waals surface area (Å²) in [6.07, 6.45) is 0. The maximum absolute atomic E-state index is 10.7. The molecule has 0 atom stereocenters. The van der Waals surface area contributed by atoms with Gasteiger partial charge in [-0.25, -0.2) is 0 Å². The van der Waals surface area contributed by atoms with Crippen molar-refractivity contribution < 1.29 is 14.3 Å². The number of rotatable bonds is 4.